The number of para-hydroxylation sites is 2. The van der Waals surface area contributed by atoms with E-state index in [1.165, 1.54) is 5.56 Å². The van der Waals surface area contributed by atoms with E-state index >= 15 is 0 Å². The molecule has 158 valence electrons. The SMILES string of the molecule is CCC1Oc2ccccc2N(CCC(=O)Nc2ccc(Cc3ccncc3)cc2)C1=O. The van der Waals surface area contributed by atoms with Gasteiger partial charge in [0.15, 0.2) is 6.10 Å². The van der Waals surface area contributed by atoms with E-state index < -0.39 is 6.10 Å². The highest BCUT2D eigenvalue weighted by Gasteiger charge is 2.33. The first kappa shape index (κ1) is 20.6. The van der Waals surface area contributed by atoms with Gasteiger partial charge in [-0.05, 0) is 60.4 Å². The molecule has 0 saturated carbocycles. The smallest absolute Gasteiger partial charge is 0.268 e. The Hall–Kier alpha value is -3.67. The predicted molar refractivity (Wildman–Crippen MR) is 120 cm³/mol. The van der Waals surface area contributed by atoms with Crippen LogP contribution in [0, 0.1) is 0 Å². The molecule has 4 rings (SSSR count). The van der Waals surface area contributed by atoms with Crippen LogP contribution in [0.1, 0.15) is 30.9 Å². The van der Waals surface area contributed by atoms with Gasteiger partial charge in [0, 0.05) is 31.0 Å². The molecule has 31 heavy (non-hydrogen) atoms. The number of ether oxygens (including phenoxy) is 1. The third-order valence-electron chi connectivity index (χ3n) is 5.30. The molecule has 0 radical (unpaired) electrons. The predicted octanol–water partition coefficient (Wildman–Crippen LogP) is 4.21. The van der Waals surface area contributed by atoms with Crippen LogP contribution in [0.25, 0.3) is 0 Å². The maximum absolute atomic E-state index is 12.7. The zero-order chi connectivity index (χ0) is 21.6. The zero-order valence-electron chi connectivity index (χ0n) is 17.5. The summed E-state index contributed by atoms with van der Waals surface area (Å²) in [6, 6.07) is 19.2. The second-order valence-electron chi connectivity index (χ2n) is 7.50. The normalized spacial score (nSPS) is 15.2. The molecular formula is C25H25N3O3. The number of amides is 2. The Labute approximate surface area is 181 Å². The van der Waals surface area contributed by atoms with Gasteiger partial charge in [-0.1, -0.05) is 31.2 Å². The van der Waals surface area contributed by atoms with Gasteiger partial charge in [-0.3, -0.25) is 14.6 Å². The van der Waals surface area contributed by atoms with Gasteiger partial charge in [0.2, 0.25) is 5.91 Å². The minimum atomic E-state index is -0.508. The topological polar surface area (TPSA) is 71.5 Å². The molecule has 0 aliphatic carbocycles. The largest absolute Gasteiger partial charge is 0.478 e. The molecular weight excluding hydrogens is 390 g/mol. The number of hydrogen-bond acceptors (Lipinski definition) is 4. The highest BCUT2D eigenvalue weighted by Crippen LogP contribution is 2.34. The van der Waals surface area contributed by atoms with Crippen LogP contribution in [0.2, 0.25) is 0 Å². The molecule has 0 spiro atoms. The monoisotopic (exact) mass is 415 g/mol. The molecule has 1 atom stereocenters. The van der Waals surface area contributed by atoms with Crippen molar-refractivity contribution in [2.24, 2.45) is 0 Å². The molecule has 1 aromatic heterocycles. The lowest BCUT2D eigenvalue weighted by atomic mass is 10.1. The molecule has 1 unspecified atom stereocenters. The molecule has 2 amide bonds. The lowest BCUT2D eigenvalue weighted by Gasteiger charge is -2.33. The highest BCUT2D eigenvalue weighted by atomic mass is 16.5. The van der Waals surface area contributed by atoms with Crippen LogP contribution >= 0.6 is 0 Å². The Morgan fingerprint density at radius 3 is 2.48 bits per heavy atom. The minimum Gasteiger partial charge on any atom is -0.478 e. The molecule has 2 aromatic carbocycles. The Balaban J connectivity index is 1.35. The number of benzene rings is 2. The summed E-state index contributed by atoms with van der Waals surface area (Å²) in [6.45, 7) is 2.22. The minimum absolute atomic E-state index is 0.102. The van der Waals surface area contributed by atoms with E-state index in [1.54, 1.807) is 17.3 Å². The van der Waals surface area contributed by atoms with Crippen molar-refractivity contribution in [2.75, 3.05) is 16.8 Å². The van der Waals surface area contributed by atoms with Gasteiger partial charge in [0.25, 0.3) is 5.91 Å². The molecule has 6 nitrogen and oxygen atoms in total. The van der Waals surface area contributed by atoms with Crippen molar-refractivity contribution in [3.63, 3.8) is 0 Å². The van der Waals surface area contributed by atoms with Crippen molar-refractivity contribution >= 4 is 23.2 Å². The summed E-state index contributed by atoms with van der Waals surface area (Å²) >= 11 is 0. The molecule has 1 aliphatic heterocycles. The lowest BCUT2D eigenvalue weighted by molar-refractivity contribution is -0.126. The third-order valence-corrected chi connectivity index (χ3v) is 5.30. The summed E-state index contributed by atoms with van der Waals surface area (Å²) in [6.07, 6.45) is 4.66. The Kier molecular flexibility index (Phi) is 6.26. The van der Waals surface area contributed by atoms with Gasteiger partial charge < -0.3 is 15.0 Å². The average Bonchev–Trinajstić information content (AvgIpc) is 2.80. The van der Waals surface area contributed by atoms with E-state index in [0.717, 1.165) is 17.7 Å². The molecule has 1 aliphatic rings. The van der Waals surface area contributed by atoms with Crippen LogP contribution in [0.3, 0.4) is 0 Å². The number of carbonyl (C=O) groups excluding carboxylic acids is 2. The first-order chi connectivity index (χ1) is 15.1. The first-order valence-electron chi connectivity index (χ1n) is 10.5. The summed E-state index contributed by atoms with van der Waals surface area (Å²) in [5.41, 5.74) is 3.80. The number of carbonyl (C=O) groups is 2. The number of nitrogens with one attached hydrogen (secondary N) is 1. The second-order valence-corrected chi connectivity index (χ2v) is 7.50. The van der Waals surface area contributed by atoms with E-state index in [-0.39, 0.29) is 18.2 Å². The van der Waals surface area contributed by atoms with Crippen molar-refractivity contribution in [2.45, 2.75) is 32.3 Å². The maximum atomic E-state index is 12.7. The fraction of sp³-hybridized carbons (Fsp3) is 0.240. The van der Waals surface area contributed by atoms with Crippen LogP contribution in [-0.2, 0) is 16.0 Å². The summed E-state index contributed by atoms with van der Waals surface area (Å²) in [5, 5.41) is 2.92. The molecule has 0 fully saturated rings. The van der Waals surface area contributed by atoms with Gasteiger partial charge in [0.1, 0.15) is 5.75 Å². The van der Waals surface area contributed by atoms with E-state index in [0.29, 0.717) is 24.4 Å². The lowest BCUT2D eigenvalue weighted by Crippen LogP contribution is -2.46. The van der Waals surface area contributed by atoms with Crippen molar-refractivity contribution in [3.8, 4) is 5.75 Å². The Bertz CT molecular complexity index is 1050. The maximum Gasteiger partial charge on any atom is 0.268 e. The number of rotatable bonds is 7. The summed E-state index contributed by atoms with van der Waals surface area (Å²) in [7, 11) is 0. The van der Waals surface area contributed by atoms with E-state index in [2.05, 4.69) is 10.3 Å². The number of pyridine rings is 1. The summed E-state index contributed by atoms with van der Waals surface area (Å²) < 4.78 is 5.78. The Morgan fingerprint density at radius 2 is 1.74 bits per heavy atom. The van der Waals surface area contributed by atoms with Crippen molar-refractivity contribution in [1.82, 2.24) is 4.98 Å². The molecule has 0 bridgehead atoms. The number of anilines is 2. The molecule has 2 heterocycles. The van der Waals surface area contributed by atoms with E-state index in [1.807, 2.05) is 67.6 Å². The standard InChI is InChI=1S/C25H25N3O3/c1-2-22-25(30)28(21-5-3-4-6-23(21)31-22)16-13-24(29)27-20-9-7-18(8-10-20)17-19-11-14-26-15-12-19/h3-12,14-15,22H,2,13,16-17H2,1H3,(H,27,29). The number of hydrogen-bond donors (Lipinski definition) is 1. The number of fused-ring (bicyclic) bond motifs is 1. The molecule has 0 saturated heterocycles. The fourth-order valence-corrected chi connectivity index (χ4v) is 3.64. The van der Waals surface area contributed by atoms with Crippen molar-refractivity contribution in [3.05, 3.63) is 84.2 Å². The van der Waals surface area contributed by atoms with Gasteiger partial charge in [-0.2, -0.15) is 0 Å². The van der Waals surface area contributed by atoms with Crippen LogP contribution < -0.4 is 15.0 Å². The molecule has 6 heteroatoms. The highest BCUT2D eigenvalue weighted by molar-refractivity contribution is 6.01. The second kappa shape index (κ2) is 9.43. The quantitative estimate of drug-likeness (QED) is 0.628. The summed E-state index contributed by atoms with van der Waals surface area (Å²) in [4.78, 5) is 30.9. The van der Waals surface area contributed by atoms with Gasteiger partial charge in [-0.25, -0.2) is 0 Å². The van der Waals surface area contributed by atoms with E-state index in [9.17, 15) is 9.59 Å². The number of aromatic nitrogens is 1. The van der Waals surface area contributed by atoms with Crippen molar-refractivity contribution in [1.29, 1.82) is 0 Å². The Morgan fingerprint density at radius 1 is 1.03 bits per heavy atom. The average molecular weight is 415 g/mol. The van der Waals surface area contributed by atoms with Crippen LogP contribution in [0.4, 0.5) is 11.4 Å². The number of nitrogens with zero attached hydrogens (tertiary/aromatic N) is 2. The zero-order valence-corrected chi connectivity index (χ0v) is 17.5. The first-order valence-corrected chi connectivity index (χ1v) is 10.5. The van der Waals surface area contributed by atoms with Crippen LogP contribution in [0.15, 0.2) is 73.1 Å². The van der Waals surface area contributed by atoms with Crippen molar-refractivity contribution < 1.29 is 14.3 Å². The van der Waals surface area contributed by atoms with Gasteiger partial charge >= 0.3 is 0 Å². The van der Waals surface area contributed by atoms with Gasteiger partial charge in [-0.15, -0.1) is 0 Å². The van der Waals surface area contributed by atoms with E-state index in [4.69, 9.17) is 4.74 Å². The third kappa shape index (κ3) is 4.91. The van der Waals surface area contributed by atoms with Gasteiger partial charge in [0.05, 0.1) is 5.69 Å². The molecule has 3 aromatic rings. The summed E-state index contributed by atoms with van der Waals surface area (Å²) in [5.74, 6) is 0.445. The van der Waals surface area contributed by atoms with Crippen LogP contribution in [0.5, 0.6) is 5.75 Å². The molecule has 1 N–H and O–H groups in total. The van der Waals surface area contributed by atoms with Crippen LogP contribution in [-0.4, -0.2) is 29.4 Å². The fourth-order valence-electron chi connectivity index (χ4n) is 3.64.